The van der Waals surface area contributed by atoms with Crippen molar-refractivity contribution in [3.8, 4) is 0 Å². The van der Waals surface area contributed by atoms with Gasteiger partial charge in [-0.15, -0.1) is 0 Å². The minimum absolute atomic E-state index is 0.150. The topological polar surface area (TPSA) is 21.6 Å². The van der Waals surface area contributed by atoms with Crippen molar-refractivity contribution in [2.45, 2.75) is 10.8 Å². The lowest BCUT2D eigenvalue weighted by atomic mass is 9.81. The highest BCUT2D eigenvalue weighted by Gasteiger charge is 2.38. The Kier molecular flexibility index (Phi) is 3.55. The van der Waals surface area contributed by atoms with Gasteiger partial charge >= 0.3 is 0 Å². The molecule has 25 heavy (non-hydrogen) atoms. The maximum atomic E-state index is 5.78. The molecule has 0 aromatic heterocycles. The summed E-state index contributed by atoms with van der Waals surface area (Å²) < 4.78 is 5.78. The van der Waals surface area contributed by atoms with E-state index in [-0.39, 0.29) is 5.92 Å². The van der Waals surface area contributed by atoms with Crippen LogP contribution in [0.4, 0.5) is 0 Å². The van der Waals surface area contributed by atoms with E-state index in [4.69, 9.17) is 4.74 Å². The number of rotatable bonds is 2. The van der Waals surface area contributed by atoms with E-state index < -0.39 is 0 Å². The fraction of sp³-hybridized carbons (Fsp3) is 0.136. The van der Waals surface area contributed by atoms with Crippen molar-refractivity contribution < 1.29 is 4.74 Å². The highest BCUT2D eigenvalue weighted by Crippen LogP contribution is 2.51. The van der Waals surface area contributed by atoms with Gasteiger partial charge in [-0.3, -0.25) is 0 Å². The summed E-state index contributed by atoms with van der Waals surface area (Å²) in [5.41, 5.74) is 4.89. The molecule has 2 aromatic carbocycles. The summed E-state index contributed by atoms with van der Waals surface area (Å²) in [6.07, 6.45) is 9.75. The Morgan fingerprint density at radius 3 is 2.76 bits per heavy atom. The van der Waals surface area contributed by atoms with Gasteiger partial charge in [-0.1, -0.05) is 36.4 Å². The summed E-state index contributed by atoms with van der Waals surface area (Å²) in [5, 5.41) is 0. The van der Waals surface area contributed by atoms with Crippen molar-refractivity contribution in [3.05, 3.63) is 100 Å². The Morgan fingerprint density at radius 1 is 1.04 bits per heavy atom. The Labute approximate surface area is 151 Å². The first kappa shape index (κ1) is 14.7. The molecule has 2 aliphatic heterocycles. The minimum Gasteiger partial charge on any atom is -0.476 e. The number of allylic oxidation sites excluding steroid dienone is 5. The second kappa shape index (κ2) is 6.03. The predicted molar refractivity (Wildman–Crippen MR) is 102 cm³/mol. The molecule has 2 nitrogen and oxygen atoms in total. The van der Waals surface area contributed by atoms with Gasteiger partial charge < -0.3 is 4.74 Å². The van der Waals surface area contributed by atoms with E-state index in [1.807, 2.05) is 17.8 Å². The molecule has 2 heterocycles. The van der Waals surface area contributed by atoms with Crippen LogP contribution in [-0.2, 0) is 4.74 Å². The quantitative estimate of drug-likeness (QED) is 0.725. The first-order valence-electron chi connectivity index (χ1n) is 8.46. The standard InChI is InChI=1S/C22H16NOS/c1-2-8-16(22-23-13-14-24-22)15(7-1)21-17-9-3-5-11-19(17)25-20-12-6-4-10-18(20)21/h1-9,11-12,21H,13-14H2/q+1. The van der Waals surface area contributed by atoms with Crippen LogP contribution in [0.15, 0.2) is 87.1 Å². The second-order valence-corrected chi connectivity index (χ2v) is 7.23. The zero-order valence-electron chi connectivity index (χ0n) is 13.6. The first-order valence-corrected chi connectivity index (χ1v) is 9.27. The van der Waals surface area contributed by atoms with E-state index >= 15 is 0 Å². The highest BCUT2D eigenvalue weighted by molar-refractivity contribution is 8.03. The normalized spacial score (nSPS) is 20.5. The minimum atomic E-state index is 0.150. The van der Waals surface area contributed by atoms with E-state index in [1.165, 1.54) is 26.5 Å². The maximum Gasteiger partial charge on any atom is 0.216 e. The largest absolute Gasteiger partial charge is 0.476 e. The molecule has 2 aromatic rings. The van der Waals surface area contributed by atoms with E-state index in [1.54, 1.807) is 0 Å². The van der Waals surface area contributed by atoms with Gasteiger partial charge in [-0.25, -0.2) is 4.99 Å². The van der Waals surface area contributed by atoms with Gasteiger partial charge in [0, 0.05) is 22.6 Å². The Morgan fingerprint density at radius 2 is 1.88 bits per heavy atom. The number of hydrogen-bond acceptors (Lipinski definition) is 3. The molecule has 3 aliphatic rings. The summed E-state index contributed by atoms with van der Waals surface area (Å²) in [6, 6.07) is 17.1. The van der Waals surface area contributed by atoms with Crippen LogP contribution >= 0.6 is 11.8 Å². The van der Waals surface area contributed by atoms with Gasteiger partial charge in [-0.2, -0.15) is 0 Å². The van der Waals surface area contributed by atoms with Crippen LogP contribution in [0.5, 0.6) is 0 Å². The fourth-order valence-corrected chi connectivity index (χ4v) is 4.72. The molecule has 0 saturated carbocycles. The molecule has 0 spiro atoms. The first-order chi connectivity index (χ1) is 12.4. The molecule has 3 heteroatoms. The van der Waals surface area contributed by atoms with Crippen LogP contribution in [-0.4, -0.2) is 19.0 Å². The summed E-state index contributed by atoms with van der Waals surface area (Å²) in [6.45, 7) is 1.41. The zero-order valence-corrected chi connectivity index (χ0v) is 14.4. The van der Waals surface area contributed by atoms with Crippen molar-refractivity contribution in [1.82, 2.24) is 0 Å². The fourth-order valence-electron chi connectivity index (χ4n) is 3.60. The summed E-state index contributed by atoms with van der Waals surface area (Å²) in [5.74, 6) is 0.917. The molecule has 1 atom stereocenters. The van der Waals surface area contributed by atoms with Crippen molar-refractivity contribution in [3.63, 3.8) is 0 Å². The predicted octanol–water partition coefficient (Wildman–Crippen LogP) is 4.88. The monoisotopic (exact) mass is 342 g/mol. The molecule has 0 fully saturated rings. The maximum absolute atomic E-state index is 5.78. The molecule has 0 radical (unpaired) electrons. The van der Waals surface area contributed by atoms with Gasteiger partial charge in [0.05, 0.1) is 18.5 Å². The lowest BCUT2D eigenvalue weighted by molar-refractivity contribution is 0.348. The lowest BCUT2D eigenvalue weighted by Crippen LogP contribution is -2.16. The molecule has 0 amide bonds. The van der Waals surface area contributed by atoms with Crippen molar-refractivity contribution in [1.29, 1.82) is 0 Å². The van der Waals surface area contributed by atoms with Gasteiger partial charge in [0.1, 0.15) is 23.2 Å². The Balaban J connectivity index is 1.74. The summed E-state index contributed by atoms with van der Waals surface area (Å²) >= 11 is 1.83. The van der Waals surface area contributed by atoms with E-state index in [0.29, 0.717) is 6.61 Å². The van der Waals surface area contributed by atoms with E-state index in [9.17, 15) is 0 Å². The van der Waals surface area contributed by atoms with Gasteiger partial charge in [-0.05, 0) is 35.0 Å². The summed E-state index contributed by atoms with van der Waals surface area (Å²) in [7, 11) is 0. The number of hydrogen-bond donors (Lipinski definition) is 0. The number of ether oxygens (including phenoxy) is 1. The highest BCUT2D eigenvalue weighted by atomic mass is 32.2. The second-order valence-electron chi connectivity index (χ2n) is 6.14. The molecule has 0 N–H and O–H groups in total. The molecule has 120 valence electrons. The van der Waals surface area contributed by atoms with Crippen molar-refractivity contribution >= 4 is 17.7 Å². The molecular weight excluding hydrogens is 326 g/mol. The van der Waals surface area contributed by atoms with E-state index in [2.05, 4.69) is 71.8 Å². The molecule has 1 unspecified atom stereocenters. The molecular formula is C22H16NOS+. The average Bonchev–Trinajstić information content (AvgIpc) is 3.21. The van der Waals surface area contributed by atoms with E-state index in [0.717, 1.165) is 18.0 Å². The van der Waals surface area contributed by atoms with Crippen LogP contribution in [0.1, 0.15) is 22.6 Å². The van der Waals surface area contributed by atoms with Gasteiger partial charge in [0.25, 0.3) is 0 Å². The van der Waals surface area contributed by atoms with Crippen molar-refractivity contribution in [2.75, 3.05) is 13.2 Å². The third-order valence-corrected chi connectivity index (χ3v) is 5.84. The SMILES string of the molecule is [C+]1=C2C(=CC=C1)Sc1ccccc1C2c1ccccc1C1=NCCO1. The van der Waals surface area contributed by atoms with Crippen LogP contribution < -0.4 is 0 Å². The van der Waals surface area contributed by atoms with Crippen LogP contribution in [0, 0.1) is 6.08 Å². The third kappa shape index (κ3) is 2.44. The van der Waals surface area contributed by atoms with Crippen LogP contribution in [0.2, 0.25) is 0 Å². The number of nitrogens with zero attached hydrogens (tertiary/aromatic N) is 1. The van der Waals surface area contributed by atoms with Crippen LogP contribution in [0.25, 0.3) is 0 Å². The average molecular weight is 342 g/mol. The van der Waals surface area contributed by atoms with Gasteiger partial charge in [0.2, 0.25) is 5.90 Å². The third-order valence-electron chi connectivity index (χ3n) is 4.67. The number of thioether (sulfide) groups is 1. The van der Waals surface area contributed by atoms with Gasteiger partial charge in [0.15, 0.2) is 0 Å². The molecule has 5 rings (SSSR count). The lowest BCUT2D eigenvalue weighted by Gasteiger charge is -2.27. The Bertz CT molecular complexity index is 967. The molecule has 1 aliphatic carbocycles. The Hall–Kier alpha value is -2.61. The number of aliphatic imine (C=N–C) groups is 1. The zero-order chi connectivity index (χ0) is 16.6. The molecule has 0 saturated heterocycles. The number of benzene rings is 2. The van der Waals surface area contributed by atoms with Crippen LogP contribution in [0.3, 0.4) is 0 Å². The van der Waals surface area contributed by atoms with Crippen molar-refractivity contribution in [2.24, 2.45) is 4.99 Å². The smallest absolute Gasteiger partial charge is 0.216 e. The number of fused-ring (bicyclic) bond motifs is 2. The molecule has 0 bridgehead atoms. The summed E-state index contributed by atoms with van der Waals surface area (Å²) in [4.78, 5) is 7.13.